The summed E-state index contributed by atoms with van der Waals surface area (Å²) in [7, 11) is 0. The molecule has 1 unspecified atom stereocenters. The van der Waals surface area contributed by atoms with Gasteiger partial charge < -0.3 is 5.32 Å². The Balaban J connectivity index is 2.05. The summed E-state index contributed by atoms with van der Waals surface area (Å²) in [5, 5.41) is 5.67. The van der Waals surface area contributed by atoms with E-state index in [1.807, 2.05) is 49.6 Å². The average Bonchev–Trinajstić information content (AvgIpc) is 3.13. The topological polar surface area (TPSA) is 64.0 Å². The molecule has 3 rings (SSSR count). The zero-order chi connectivity index (χ0) is 20.1. The van der Waals surface area contributed by atoms with Crippen molar-refractivity contribution in [3.63, 3.8) is 0 Å². The van der Waals surface area contributed by atoms with Gasteiger partial charge in [0.15, 0.2) is 5.16 Å². The number of aromatic nitrogens is 2. The summed E-state index contributed by atoms with van der Waals surface area (Å²) in [4.78, 5) is 30.9. The highest BCUT2D eigenvalue weighted by Gasteiger charge is 2.21. The van der Waals surface area contributed by atoms with Crippen LogP contribution in [-0.2, 0) is 11.3 Å². The molecule has 0 aliphatic heterocycles. The van der Waals surface area contributed by atoms with Crippen molar-refractivity contribution in [1.82, 2.24) is 14.9 Å². The lowest BCUT2D eigenvalue weighted by atomic mass is 10.1. The van der Waals surface area contributed by atoms with Crippen molar-refractivity contribution in [2.24, 2.45) is 0 Å². The van der Waals surface area contributed by atoms with Gasteiger partial charge >= 0.3 is 0 Å². The van der Waals surface area contributed by atoms with Crippen LogP contribution in [0.3, 0.4) is 0 Å². The molecule has 2 heterocycles. The third-order valence-electron chi connectivity index (χ3n) is 4.26. The number of benzene rings is 1. The van der Waals surface area contributed by atoms with Gasteiger partial charge in [0.1, 0.15) is 4.83 Å². The fourth-order valence-corrected chi connectivity index (χ4v) is 4.75. The lowest BCUT2D eigenvalue weighted by Gasteiger charge is -2.15. The van der Waals surface area contributed by atoms with Gasteiger partial charge in [-0.1, -0.05) is 55.1 Å². The Hall–Kier alpha value is -2.38. The number of carbonyl (C=O) groups excluding carboxylic acids is 1. The summed E-state index contributed by atoms with van der Waals surface area (Å²) in [6.45, 7) is 8.59. The molecule has 1 amide bonds. The smallest absolute Gasteiger partial charge is 0.263 e. The Labute approximate surface area is 172 Å². The number of carbonyl (C=O) groups is 1. The van der Waals surface area contributed by atoms with E-state index in [1.54, 1.807) is 10.6 Å². The summed E-state index contributed by atoms with van der Waals surface area (Å²) >= 11 is 2.75. The Morgan fingerprint density at radius 2 is 2.14 bits per heavy atom. The van der Waals surface area contributed by atoms with Crippen LogP contribution in [0.25, 0.3) is 21.3 Å². The van der Waals surface area contributed by atoms with Gasteiger partial charge in [0, 0.05) is 24.0 Å². The number of rotatable bonds is 8. The van der Waals surface area contributed by atoms with E-state index in [0.717, 1.165) is 17.5 Å². The van der Waals surface area contributed by atoms with Gasteiger partial charge in [-0.2, -0.15) is 0 Å². The van der Waals surface area contributed by atoms with Crippen molar-refractivity contribution in [3.8, 4) is 11.1 Å². The number of nitrogens with one attached hydrogen (secondary N) is 1. The van der Waals surface area contributed by atoms with E-state index >= 15 is 0 Å². The van der Waals surface area contributed by atoms with Crippen molar-refractivity contribution in [3.05, 3.63) is 58.7 Å². The van der Waals surface area contributed by atoms with Crippen LogP contribution in [0.5, 0.6) is 0 Å². The molecular weight excluding hydrogens is 390 g/mol. The van der Waals surface area contributed by atoms with Crippen LogP contribution >= 0.6 is 23.1 Å². The van der Waals surface area contributed by atoms with E-state index in [9.17, 15) is 9.59 Å². The average molecular weight is 414 g/mol. The maximum absolute atomic E-state index is 13.3. The van der Waals surface area contributed by atoms with Gasteiger partial charge in [0.05, 0.1) is 10.6 Å². The molecule has 0 saturated carbocycles. The highest BCUT2D eigenvalue weighted by molar-refractivity contribution is 8.00. The molecule has 2 aromatic heterocycles. The number of thioether (sulfide) groups is 1. The van der Waals surface area contributed by atoms with E-state index in [-0.39, 0.29) is 16.7 Å². The van der Waals surface area contributed by atoms with Gasteiger partial charge in [-0.25, -0.2) is 4.98 Å². The molecule has 0 aliphatic carbocycles. The number of amides is 1. The minimum atomic E-state index is -0.347. The normalized spacial score (nSPS) is 12.1. The first-order valence-electron chi connectivity index (χ1n) is 9.19. The summed E-state index contributed by atoms with van der Waals surface area (Å²) in [5.41, 5.74) is 1.78. The van der Waals surface area contributed by atoms with Crippen LogP contribution in [0.2, 0.25) is 0 Å². The lowest BCUT2D eigenvalue weighted by molar-refractivity contribution is -0.120. The molecule has 0 aliphatic rings. The summed E-state index contributed by atoms with van der Waals surface area (Å²) in [6.07, 6.45) is 2.56. The molecule has 3 aromatic rings. The molecule has 5 nitrogen and oxygen atoms in total. The number of hydrogen-bond acceptors (Lipinski definition) is 5. The number of fused-ring (bicyclic) bond motifs is 1. The third-order valence-corrected chi connectivity index (χ3v) is 6.22. The lowest BCUT2D eigenvalue weighted by Crippen LogP contribution is -2.32. The van der Waals surface area contributed by atoms with E-state index in [2.05, 4.69) is 11.9 Å². The van der Waals surface area contributed by atoms with E-state index < -0.39 is 0 Å². The zero-order valence-corrected chi connectivity index (χ0v) is 17.6. The molecule has 28 heavy (non-hydrogen) atoms. The monoisotopic (exact) mass is 413 g/mol. The third kappa shape index (κ3) is 4.20. The molecule has 0 saturated heterocycles. The number of nitrogens with zero attached hydrogens (tertiary/aromatic N) is 2. The van der Waals surface area contributed by atoms with Crippen molar-refractivity contribution < 1.29 is 4.79 Å². The molecule has 1 N–H and O–H groups in total. The summed E-state index contributed by atoms with van der Waals surface area (Å²) < 4.78 is 1.60. The largest absolute Gasteiger partial charge is 0.355 e. The van der Waals surface area contributed by atoms with Gasteiger partial charge in [-0.05, 0) is 18.9 Å². The fourth-order valence-electron chi connectivity index (χ4n) is 2.82. The van der Waals surface area contributed by atoms with Gasteiger partial charge in [0.25, 0.3) is 5.56 Å². The predicted octanol–water partition coefficient (Wildman–Crippen LogP) is 4.32. The van der Waals surface area contributed by atoms with Crippen LogP contribution < -0.4 is 10.9 Å². The predicted molar refractivity (Wildman–Crippen MR) is 118 cm³/mol. The first-order chi connectivity index (χ1) is 13.6. The Bertz CT molecular complexity index is 1040. The maximum Gasteiger partial charge on any atom is 0.263 e. The fraction of sp³-hybridized carbons (Fsp3) is 0.286. The van der Waals surface area contributed by atoms with Crippen LogP contribution in [0.15, 0.2) is 58.3 Å². The first kappa shape index (κ1) is 20.4. The molecule has 7 heteroatoms. The molecule has 0 fully saturated rings. The quantitative estimate of drug-likeness (QED) is 0.339. The SMILES string of the molecule is C=CCn1c(SC(C)C(=O)NCCC)nc2scc(-c3ccccc3)c2c1=O. The highest BCUT2D eigenvalue weighted by atomic mass is 32.2. The standard InChI is InChI=1S/C21H23N3O2S2/c1-4-11-22-18(25)14(3)28-21-23-19-17(20(26)24(21)12-5-2)16(13-27-19)15-9-7-6-8-10-15/h5-10,13-14H,2,4,11-12H2,1,3H3,(H,22,25). The second kappa shape index (κ2) is 9.21. The van der Waals surface area contributed by atoms with E-state index in [1.165, 1.54) is 23.1 Å². The van der Waals surface area contributed by atoms with Crippen LogP contribution in [-0.4, -0.2) is 27.3 Å². The van der Waals surface area contributed by atoms with E-state index in [0.29, 0.717) is 28.5 Å². The Morgan fingerprint density at radius 3 is 2.82 bits per heavy atom. The maximum atomic E-state index is 13.3. The minimum Gasteiger partial charge on any atom is -0.355 e. The molecule has 1 aromatic carbocycles. The second-order valence-electron chi connectivity index (χ2n) is 6.35. The van der Waals surface area contributed by atoms with Crippen molar-refractivity contribution >= 4 is 39.2 Å². The summed E-state index contributed by atoms with van der Waals surface area (Å²) in [5.74, 6) is -0.0532. The van der Waals surface area contributed by atoms with E-state index in [4.69, 9.17) is 4.98 Å². The van der Waals surface area contributed by atoms with Crippen molar-refractivity contribution in [2.45, 2.75) is 37.2 Å². The van der Waals surface area contributed by atoms with Gasteiger partial charge in [-0.3, -0.25) is 14.2 Å². The van der Waals surface area contributed by atoms with Crippen LogP contribution in [0, 0.1) is 0 Å². The first-order valence-corrected chi connectivity index (χ1v) is 11.0. The minimum absolute atomic E-state index is 0.0532. The van der Waals surface area contributed by atoms with Gasteiger partial charge in [-0.15, -0.1) is 17.9 Å². The molecule has 1 atom stereocenters. The van der Waals surface area contributed by atoms with Crippen molar-refractivity contribution in [1.29, 1.82) is 0 Å². The second-order valence-corrected chi connectivity index (χ2v) is 8.51. The number of allylic oxidation sites excluding steroid dienone is 1. The Morgan fingerprint density at radius 1 is 1.39 bits per heavy atom. The molecule has 146 valence electrons. The number of hydrogen-bond donors (Lipinski definition) is 1. The zero-order valence-electron chi connectivity index (χ0n) is 16.0. The molecule has 0 spiro atoms. The number of thiophene rings is 1. The Kier molecular flexibility index (Phi) is 6.70. The highest BCUT2D eigenvalue weighted by Crippen LogP contribution is 2.32. The molecule has 0 radical (unpaired) electrons. The molecular formula is C21H23N3O2S2. The summed E-state index contributed by atoms with van der Waals surface area (Å²) in [6, 6.07) is 9.83. The van der Waals surface area contributed by atoms with Crippen LogP contribution in [0.1, 0.15) is 20.3 Å². The van der Waals surface area contributed by atoms with Crippen LogP contribution in [0.4, 0.5) is 0 Å². The molecule has 0 bridgehead atoms. The van der Waals surface area contributed by atoms with Crippen molar-refractivity contribution in [2.75, 3.05) is 6.54 Å². The van der Waals surface area contributed by atoms with Gasteiger partial charge in [0.2, 0.25) is 5.91 Å².